The maximum atomic E-state index is 10.7. The predicted molar refractivity (Wildman–Crippen MR) is 82.3 cm³/mol. The lowest BCUT2D eigenvalue weighted by Crippen LogP contribution is -2.11. The number of nitrogens with zero attached hydrogens (tertiary/aromatic N) is 2. The van der Waals surface area contributed by atoms with E-state index >= 15 is 0 Å². The van der Waals surface area contributed by atoms with Crippen LogP contribution in [0.15, 0.2) is 28.9 Å². The average Bonchev–Trinajstić information content (AvgIpc) is 2.79. The van der Waals surface area contributed by atoms with Crippen LogP contribution in [-0.4, -0.2) is 22.0 Å². The zero-order valence-corrected chi connectivity index (χ0v) is 13.6. The highest BCUT2D eigenvalue weighted by Gasteiger charge is 2.22. The van der Waals surface area contributed by atoms with Crippen LogP contribution in [0.3, 0.4) is 0 Å². The van der Waals surface area contributed by atoms with E-state index in [-0.39, 0.29) is 0 Å². The highest BCUT2D eigenvalue weighted by atomic mass is 79.9. The van der Waals surface area contributed by atoms with Crippen LogP contribution in [0.2, 0.25) is 5.02 Å². The molecule has 2 aromatic rings. The van der Waals surface area contributed by atoms with Gasteiger partial charge in [0.15, 0.2) is 0 Å². The van der Waals surface area contributed by atoms with E-state index in [1.807, 2.05) is 0 Å². The first-order chi connectivity index (χ1) is 9.58. The molecule has 0 aliphatic rings. The molecule has 4 nitrogen and oxygen atoms in total. The topological polar surface area (TPSA) is 47.3 Å². The summed E-state index contributed by atoms with van der Waals surface area (Å²) < 4.78 is 7.86. The molecule has 0 aliphatic carbocycles. The SMILES string of the molecule is CCCn1ncc(Br)c1C(O)c1ccc(Cl)cc1OC. The molecule has 1 aromatic carbocycles. The third-order valence-electron chi connectivity index (χ3n) is 3.02. The van der Waals surface area contributed by atoms with Gasteiger partial charge in [-0.25, -0.2) is 0 Å². The molecule has 6 heteroatoms. The largest absolute Gasteiger partial charge is 0.496 e. The van der Waals surface area contributed by atoms with Crippen LogP contribution in [0.1, 0.15) is 30.7 Å². The number of benzene rings is 1. The molecule has 20 heavy (non-hydrogen) atoms. The number of aliphatic hydroxyl groups is 1. The Hall–Kier alpha value is -1.04. The van der Waals surface area contributed by atoms with Crippen LogP contribution < -0.4 is 4.74 Å². The fraction of sp³-hybridized carbons (Fsp3) is 0.357. The third kappa shape index (κ3) is 3.00. The van der Waals surface area contributed by atoms with Gasteiger partial charge in [0.2, 0.25) is 0 Å². The summed E-state index contributed by atoms with van der Waals surface area (Å²) in [7, 11) is 1.56. The average molecular weight is 360 g/mol. The molecule has 0 spiro atoms. The second kappa shape index (κ2) is 6.61. The summed E-state index contributed by atoms with van der Waals surface area (Å²) in [5.41, 5.74) is 1.38. The van der Waals surface area contributed by atoms with Crippen molar-refractivity contribution in [2.45, 2.75) is 26.0 Å². The third-order valence-corrected chi connectivity index (χ3v) is 3.86. The van der Waals surface area contributed by atoms with Crippen LogP contribution in [0.4, 0.5) is 0 Å². The van der Waals surface area contributed by atoms with Crippen molar-refractivity contribution < 1.29 is 9.84 Å². The van der Waals surface area contributed by atoms with Gasteiger partial charge in [0, 0.05) is 17.1 Å². The number of methoxy groups -OCH3 is 1. The van der Waals surface area contributed by atoms with Crippen LogP contribution in [0, 0.1) is 0 Å². The molecule has 108 valence electrons. The Kier molecular flexibility index (Phi) is 5.07. The van der Waals surface area contributed by atoms with Crippen molar-refractivity contribution in [1.29, 1.82) is 0 Å². The number of aliphatic hydroxyl groups excluding tert-OH is 1. The summed E-state index contributed by atoms with van der Waals surface area (Å²) in [6, 6.07) is 5.19. The molecular weight excluding hydrogens is 344 g/mol. The molecule has 0 amide bonds. The Morgan fingerprint density at radius 1 is 1.50 bits per heavy atom. The highest BCUT2D eigenvalue weighted by molar-refractivity contribution is 9.10. The standard InChI is InChI=1S/C14H16BrClN2O2/c1-3-6-18-13(11(15)8-17-18)14(19)10-5-4-9(16)7-12(10)20-2/h4-5,7-8,14,19H,3,6H2,1-2H3. The van der Waals surface area contributed by atoms with Gasteiger partial charge in [-0.2, -0.15) is 5.10 Å². The zero-order chi connectivity index (χ0) is 14.7. The first-order valence-electron chi connectivity index (χ1n) is 6.31. The Morgan fingerprint density at radius 2 is 2.25 bits per heavy atom. The van der Waals surface area contributed by atoms with Crippen molar-refractivity contribution in [2.24, 2.45) is 0 Å². The summed E-state index contributed by atoms with van der Waals surface area (Å²) >= 11 is 9.38. The molecule has 2 rings (SSSR count). The first kappa shape index (κ1) is 15.4. The van der Waals surface area contributed by atoms with E-state index in [0.29, 0.717) is 22.0 Å². The lowest BCUT2D eigenvalue weighted by atomic mass is 10.1. The second-order valence-electron chi connectivity index (χ2n) is 4.39. The second-order valence-corrected chi connectivity index (χ2v) is 5.68. The van der Waals surface area contributed by atoms with Gasteiger partial charge in [0.1, 0.15) is 11.9 Å². The molecule has 1 atom stereocenters. The summed E-state index contributed by atoms with van der Waals surface area (Å²) in [6.07, 6.45) is 1.80. The highest BCUT2D eigenvalue weighted by Crippen LogP contribution is 2.35. The van der Waals surface area contributed by atoms with Crippen molar-refractivity contribution >= 4 is 27.5 Å². The normalized spacial score (nSPS) is 12.4. The van der Waals surface area contributed by atoms with Gasteiger partial charge in [0.25, 0.3) is 0 Å². The summed E-state index contributed by atoms with van der Waals surface area (Å²) in [6.45, 7) is 2.81. The van der Waals surface area contributed by atoms with Gasteiger partial charge >= 0.3 is 0 Å². The predicted octanol–water partition coefficient (Wildman–Crippen LogP) is 3.80. The van der Waals surface area contributed by atoms with Gasteiger partial charge in [-0.05, 0) is 34.5 Å². The summed E-state index contributed by atoms with van der Waals surface area (Å²) in [4.78, 5) is 0. The van der Waals surface area contributed by atoms with Gasteiger partial charge in [-0.15, -0.1) is 0 Å². The van der Waals surface area contributed by atoms with E-state index in [1.54, 1.807) is 36.2 Å². The van der Waals surface area contributed by atoms with Gasteiger partial charge < -0.3 is 9.84 Å². The fourth-order valence-corrected chi connectivity index (χ4v) is 2.77. The smallest absolute Gasteiger partial charge is 0.126 e. The van der Waals surface area contributed by atoms with Crippen molar-refractivity contribution in [2.75, 3.05) is 7.11 Å². The summed E-state index contributed by atoms with van der Waals surface area (Å²) in [5, 5.41) is 15.5. The first-order valence-corrected chi connectivity index (χ1v) is 7.48. The molecule has 1 unspecified atom stereocenters. The van der Waals surface area contributed by atoms with Crippen LogP contribution in [0.5, 0.6) is 5.75 Å². The quantitative estimate of drug-likeness (QED) is 0.883. The zero-order valence-electron chi connectivity index (χ0n) is 11.3. The Balaban J connectivity index is 2.45. The van der Waals surface area contributed by atoms with Crippen molar-refractivity contribution in [3.63, 3.8) is 0 Å². The molecule has 1 N–H and O–H groups in total. The molecule has 0 radical (unpaired) electrons. The van der Waals surface area contributed by atoms with Gasteiger partial charge in [-0.1, -0.05) is 24.6 Å². The van der Waals surface area contributed by atoms with Crippen molar-refractivity contribution in [3.8, 4) is 5.75 Å². The number of rotatable bonds is 5. The van der Waals surface area contributed by atoms with Gasteiger partial charge in [-0.3, -0.25) is 4.68 Å². The molecule has 0 saturated carbocycles. The number of aryl methyl sites for hydroxylation is 1. The van der Waals surface area contributed by atoms with E-state index in [9.17, 15) is 5.11 Å². The Bertz CT molecular complexity index is 601. The van der Waals surface area contributed by atoms with Crippen LogP contribution in [0.25, 0.3) is 0 Å². The maximum Gasteiger partial charge on any atom is 0.126 e. The van der Waals surface area contributed by atoms with Crippen molar-refractivity contribution in [3.05, 3.63) is 45.1 Å². The maximum absolute atomic E-state index is 10.7. The van der Waals surface area contributed by atoms with Crippen molar-refractivity contribution in [1.82, 2.24) is 9.78 Å². The van der Waals surface area contributed by atoms with E-state index in [2.05, 4.69) is 28.0 Å². The Morgan fingerprint density at radius 3 is 2.90 bits per heavy atom. The molecule has 0 saturated heterocycles. The van der Waals surface area contributed by atoms with E-state index in [1.165, 1.54) is 0 Å². The molecular formula is C14H16BrClN2O2. The van der Waals surface area contributed by atoms with Crippen LogP contribution in [-0.2, 0) is 6.54 Å². The molecule has 0 aliphatic heterocycles. The number of hydrogen-bond acceptors (Lipinski definition) is 3. The summed E-state index contributed by atoms with van der Waals surface area (Å²) in [5.74, 6) is 0.557. The minimum atomic E-state index is -0.828. The minimum Gasteiger partial charge on any atom is -0.496 e. The lowest BCUT2D eigenvalue weighted by molar-refractivity contribution is 0.201. The van der Waals surface area contributed by atoms with E-state index < -0.39 is 6.10 Å². The molecule has 1 aromatic heterocycles. The fourth-order valence-electron chi connectivity index (χ4n) is 2.09. The number of ether oxygens (including phenoxy) is 1. The number of hydrogen-bond donors (Lipinski definition) is 1. The molecule has 1 heterocycles. The minimum absolute atomic E-state index is 0.557. The monoisotopic (exact) mass is 358 g/mol. The Labute approximate surface area is 131 Å². The van der Waals surface area contributed by atoms with Gasteiger partial charge in [0.05, 0.1) is 23.5 Å². The molecule has 0 fully saturated rings. The number of halogens is 2. The van der Waals surface area contributed by atoms with Crippen LogP contribution >= 0.6 is 27.5 Å². The van der Waals surface area contributed by atoms with E-state index in [4.69, 9.17) is 16.3 Å². The lowest BCUT2D eigenvalue weighted by Gasteiger charge is -2.17. The van der Waals surface area contributed by atoms with E-state index in [0.717, 1.165) is 17.4 Å². The number of aromatic nitrogens is 2. The molecule has 0 bridgehead atoms.